The molecule has 56 valence electrons. The lowest BCUT2D eigenvalue weighted by molar-refractivity contribution is -0.183. The van der Waals surface area contributed by atoms with Gasteiger partial charge in [0.25, 0.3) is 0 Å². The molecule has 10 heavy (non-hydrogen) atoms. The monoisotopic (exact) mass is 142 g/mol. The molecule has 3 heteroatoms. The zero-order chi connectivity index (χ0) is 7.14. The Kier molecular flexibility index (Phi) is 1.20. The van der Waals surface area contributed by atoms with Gasteiger partial charge < -0.3 is 9.84 Å². The van der Waals surface area contributed by atoms with Gasteiger partial charge in [-0.1, -0.05) is 0 Å². The van der Waals surface area contributed by atoms with Crippen LogP contribution in [-0.2, 0) is 9.53 Å². The Labute approximate surface area is 59.0 Å². The number of hydrogen-bond acceptors (Lipinski definition) is 3. The number of carbonyl (C=O) groups excluding carboxylic acids is 1. The van der Waals surface area contributed by atoms with E-state index < -0.39 is 6.10 Å². The number of ether oxygens (including phenoxy) is 1. The summed E-state index contributed by atoms with van der Waals surface area (Å²) in [6, 6.07) is 0. The minimum Gasteiger partial charge on any atom is -0.459 e. The minimum absolute atomic E-state index is 0.0139. The van der Waals surface area contributed by atoms with Crippen molar-refractivity contribution in [2.75, 3.05) is 0 Å². The number of aliphatic hydroxyl groups is 1. The molecular formula is C7H10O3. The molecule has 2 aliphatic heterocycles. The van der Waals surface area contributed by atoms with E-state index in [1.807, 2.05) is 0 Å². The second-order valence-corrected chi connectivity index (χ2v) is 3.05. The van der Waals surface area contributed by atoms with Crippen LogP contribution in [-0.4, -0.2) is 23.3 Å². The van der Waals surface area contributed by atoms with E-state index in [1.165, 1.54) is 0 Å². The Balaban J connectivity index is 2.16. The zero-order valence-corrected chi connectivity index (χ0v) is 5.62. The second kappa shape index (κ2) is 1.95. The van der Waals surface area contributed by atoms with Gasteiger partial charge in [0, 0.05) is 0 Å². The summed E-state index contributed by atoms with van der Waals surface area (Å²) in [6.07, 6.45) is 1.77. The molecule has 1 saturated carbocycles. The van der Waals surface area contributed by atoms with Crippen molar-refractivity contribution in [2.45, 2.75) is 31.5 Å². The maximum Gasteiger partial charge on any atom is 0.309 e. The third-order valence-corrected chi connectivity index (χ3v) is 2.36. The summed E-state index contributed by atoms with van der Waals surface area (Å²) in [5.41, 5.74) is 0. The summed E-state index contributed by atoms with van der Waals surface area (Å²) in [4.78, 5) is 10.9. The first kappa shape index (κ1) is 6.16. The predicted octanol–water partition coefficient (Wildman–Crippen LogP) is 0.0728. The van der Waals surface area contributed by atoms with Crippen LogP contribution in [0.1, 0.15) is 19.3 Å². The fourth-order valence-corrected chi connectivity index (χ4v) is 1.72. The largest absolute Gasteiger partial charge is 0.459 e. The van der Waals surface area contributed by atoms with Gasteiger partial charge in [-0.3, -0.25) is 4.79 Å². The van der Waals surface area contributed by atoms with Gasteiger partial charge in [0.1, 0.15) is 6.10 Å². The van der Waals surface area contributed by atoms with Crippen molar-refractivity contribution >= 4 is 5.97 Å². The summed E-state index contributed by atoms with van der Waals surface area (Å²) < 4.78 is 4.91. The number of hydrogen-bond donors (Lipinski definition) is 1. The highest BCUT2D eigenvalue weighted by Crippen LogP contribution is 2.33. The maximum atomic E-state index is 10.9. The Hall–Kier alpha value is -0.570. The van der Waals surface area contributed by atoms with E-state index in [0.717, 1.165) is 12.8 Å². The second-order valence-electron chi connectivity index (χ2n) is 3.05. The molecule has 3 atom stereocenters. The average molecular weight is 142 g/mol. The van der Waals surface area contributed by atoms with E-state index in [9.17, 15) is 9.90 Å². The summed E-state index contributed by atoms with van der Waals surface area (Å²) in [5.74, 6) is -0.124. The molecule has 0 aromatic carbocycles. The molecule has 2 bridgehead atoms. The smallest absolute Gasteiger partial charge is 0.309 e. The first-order chi connectivity index (χ1) is 4.77. The molecule has 0 aromatic rings. The highest BCUT2D eigenvalue weighted by Gasteiger charge is 2.41. The molecule has 1 N–H and O–H groups in total. The van der Waals surface area contributed by atoms with E-state index in [0.29, 0.717) is 6.42 Å². The SMILES string of the molecule is O=C1OC2CCC1CC2O. The van der Waals surface area contributed by atoms with Gasteiger partial charge in [-0.15, -0.1) is 0 Å². The van der Waals surface area contributed by atoms with Crippen LogP contribution >= 0.6 is 0 Å². The van der Waals surface area contributed by atoms with Crippen molar-refractivity contribution in [1.29, 1.82) is 0 Å². The molecule has 3 rings (SSSR count). The molecule has 2 heterocycles. The fourth-order valence-electron chi connectivity index (χ4n) is 1.72. The minimum atomic E-state index is -0.392. The Morgan fingerprint density at radius 3 is 2.60 bits per heavy atom. The van der Waals surface area contributed by atoms with Crippen molar-refractivity contribution in [3.63, 3.8) is 0 Å². The highest BCUT2D eigenvalue weighted by atomic mass is 16.6. The predicted molar refractivity (Wildman–Crippen MR) is 33.2 cm³/mol. The summed E-state index contributed by atoms with van der Waals surface area (Å²) in [5, 5.41) is 9.24. The van der Waals surface area contributed by atoms with Gasteiger partial charge in [-0.2, -0.15) is 0 Å². The summed E-state index contributed by atoms with van der Waals surface area (Å²) >= 11 is 0. The lowest BCUT2D eigenvalue weighted by atomic mass is 9.82. The van der Waals surface area contributed by atoms with Crippen LogP contribution in [0.25, 0.3) is 0 Å². The van der Waals surface area contributed by atoms with Gasteiger partial charge in [-0.05, 0) is 19.3 Å². The summed E-state index contributed by atoms with van der Waals surface area (Å²) in [6.45, 7) is 0. The molecule has 0 aromatic heterocycles. The quantitative estimate of drug-likeness (QED) is 0.487. The van der Waals surface area contributed by atoms with Crippen LogP contribution in [0.4, 0.5) is 0 Å². The molecule has 3 nitrogen and oxygen atoms in total. The van der Waals surface area contributed by atoms with E-state index in [1.54, 1.807) is 0 Å². The zero-order valence-electron chi connectivity index (χ0n) is 5.62. The van der Waals surface area contributed by atoms with Gasteiger partial charge in [0.05, 0.1) is 12.0 Å². The molecule has 0 radical (unpaired) electrons. The third kappa shape index (κ3) is 0.736. The van der Waals surface area contributed by atoms with Crippen LogP contribution in [0, 0.1) is 5.92 Å². The first-order valence-electron chi connectivity index (χ1n) is 3.66. The number of rotatable bonds is 0. The fraction of sp³-hybridized carbons (Fsp3) is 0.857. The molecule has 0 spiro atoms. The molecular weight excluding hydrogens is 132 g/mol. The Bertz CT molecular complexity index is 166. The number of carbonyl (C=O) groups is 1. The topological polar surface area (TPSA) is 46.5 Å². The third-order valence-electron chi connectivity index (χ3n) is 2.36. The number of esters is 1. The molecule has 0 amide bonds. The van der Waals surface area contributed by atoms with Gasteiger partial charge in [-0.25, -0.2) is 0 Å². The lowest BCUT2D eigenvalue weighted by Gasteiger charge is -2.38. The average Bonchev–Trinajstić information content (AvgIpc) is 1.91. The van der Waals surface area contributed by atoms with Crippen molar-refractivity contribution in [3.8, 4) is 0 Å². The van der Waals surface area contributed by atoms with Crippen molar-refractivity contribution < 1.29 is 14.6 Å². The Morgan fingerprint density at radius 1 is 1.50 bits per heavy atom. The maximum absolute atomic E-state index is 10.9. The van der Waals surface area contributed by atoms with Gasteiger partial charge >= 0.3 is 5.97 Å². The van der Waals surface area contributed by atoms with E-state index in [-0.39, 0.29) is 18.0 Å². The number of aliphatic hydroxyl groups excluding tert-OH is 1. The molecule has 3 unspecified atom stereocenters. The van der Waals surface area contributed by atoms with E-state index in [2.05, 4.69) is 0 Å². The van der Waals surface area contributed by atoms with Crippen LogP contribution in [0.15, 0.2) is 0 Å². The summed E-state index contributed by atoms with van der Waals surface area (Å²) in [7, 11) is 0. The van der Waals surface area contributed by atoms with Gasteiger partial charge in [0.2, 0.25) is 0 Å². The lowest BCUT2D eigenvalue weighted by Crippen LogP contribution is -2.46. The van der Waals surface area contributed by atoms with Crippen LogP contribution in [0.5, 0.6) is 0 Å². The number of fused-ring (bicyclic) bond motifs is 3. The normalized spacial score (nSPS) is 45.3. The first-order valence-corrected chi connectivity index (χ1v) is 3.66. The molecule has 3 fully saturated rings. The Morgan fingerprint density at radius 2 is 2.30 bits per heavy atom. The van der Waals surface area contributed by atoms with Gasteiger partial charge in [0.15, 0.2) is 0 Å². The van der Waals surface area contributed by atoms with Crippen molar-refractivity contribution in [3.05, 3.63) is 0 Å². The van der Waals surface area contributed by atoms with E-state index >= 15 is 0 Å². The standard InChI is InChI=1S/C7H10O3/c8-5-3-4-1-2-6(5)10-7(4)9/h4-6,8H,1-3H2. The molecule has 1 aliphatic carbocycles. The van der Waals surface area contributed by atoms with Crippen molar-refractivity contribution in [2.24, 2.45) is 5.92 Å². The van der Waals surface area contributed by atoms with E-state index in [4.69, 9.17) is 4.74 Å². The van der Waals surface area contributed by atoms with Crippen LogP contribution in [0.3, 0.4) is 0 Å². The van der Waals surface area contributed by atoms with Crippen LogP contribution < -0.4 is 0 Å². The highest BCUT2D eigenvalue weighted by molar-refractivity contribution is 5.74. The van der Waals surface area contributed by atoms with Crippen molar-refractivity contribution in [1.82, 2.24) is 0 Å². The molecule has 3 aliphatic rings. The van der Waals surface area contributed by atoms with Crippen LogP contribution in [0.2, 0.25) is 0 Å². The molecule has 2 saturated heterocycles.